The van der Waals surface area contributed by atoms with Gasteiger partial charge in [0.15, 0.2) is 0 Å². The van der Waals surface area contributed by atoms with Gasteiger partial charge >= 0.3 is 12.1 Å². The molecule has 2 aromatic carbocycles. The zero-order valence-corrected chi connectivity index (χ0v) is 17.2. The molecule has 0 fully saturated rings. The van der Waals surface area contributed by atoms with Crippen molar-refractivity contribution in [2.75, 3.05) is 5.73 Å². The van der Waals surface area contributed by atoms with Gasteiger partial charge < -0.3 is 0 Å². The number of nitrogen functional groups attached to an aromatic ring is 1. The van der Waals surface area contributed by atoms with Crippen molar-refractivity contribution in [2.45, 2.75) is 11.1 Å². The molecule has 2 aromatic heterocycles. The summed E-state index contributed by atoms with van der Waals surface area (Å²) < 4.78 is 67.1. The molecule has 0 atom stereocenters. The van der Waals surface area contributed by atoms with E-state index in [9.17, 15) is 21.6 Å². The first-order valence-electron chi connectivity index (χ1n) is 8.93. The van der Waals surface area contributed by atoms with Gasteiger partial charge in [-0.25, -0.2) is 23.1 Å². The van der Waals surface area contributed by atoms with Crippen LogP contribution in [0.15, 0.2) is 47.5 Å². The molecule has 0 spiro atoms. The zero-order valence-electron chi connectivity index (χ0n) is 16.3. The minimum absolute atomic E-state index is 0.132. The van der Waals surface area contributed by atoms with E-state index in [1.807, 2.05) is 0 Å². The van der Waals surface area contributed by atoms with Crippen LogP contribution in [0.2, 0.25) is 0 Å². The summed E-state index contributed by atoms with van der Waals surface area (Å²) in [7, 11) is -3.06. The second-order valence-electron chi connectivity index (χ2n) is 6.84. The number of sulfonamides is 1. The Labute approximate surface area is 179 Å². The molecule has 0 aliphatic heterocycles. The number of benzene rings is 2. The van der Waals surface area contributed by atoms with Crippen molar-refractivity contribution in [3.05, 3.63) is 48.2 Å². The van der Waals surface area contributed by atoms with E-state index in [1.165, 1.54) is 0 Å². The third-order valence-electron chi connectivity index (χ3n) is 4.89. The Hall–Kier alpha value is -3.78. The lowest BCUT2D eigenvalue weighted by molar-refractivity contribution is -0.644. The summed E-state index contributed by atoms with van der Waals surface area (Å²) in [5.41, 5.74) is 6.06. The van der Waals surface area contributed by atoms with Crippen molar-refractivity contribution < 1.29 is 26.2 Å². The number of hydrogen-bond donors (Lipinski definition) is 4. The lowest BCUT2D eigenvalue weighted by Crippen LogP contribution is -2.31. The van der Waals surface area contributed by atoms with Crippen LogP contribution in [0.1, 0.15) is 5.56 Å². The van der Waals surface area contributed by atoms with E-state index < -0.39 is 32.2 Å². The van der Waals surface area contributed by atoms with Crippen molar-refractivity contribution in [1.82, 2.24) is 25.6 Å². The molecule has 32 heavy (non-hydrogen) atoms. The first-order chi connectivity index (χ1) is 15.0. The Morgan fingerprint density at radius 2 is 1.72 bits per heavy atom. The number of anilines is 1. The monoisotopic (exact) mass is 465 g/mol. The van der Waals surface area contributed by atoms with Crippen LogP contribution in [0.25, 0.3) is 33.8 Å². The standard InChI is InChI=1S/C18H15F3N8O2S/c1-29-13(8-24-17(29)22)10-4-2-9(3-5-10)11-6-7-12(18(19,20)21)15(32(23,30)31)14(11)16-25-27-28-26-16/h2-8H,1H3,(H5,22,23,24,25,26,27,28,30,31)/p+1. The van der Waals surface area contributed by atoms with Crippen LogP contribution in [0, 0.1) is 0 Å². The summed E-state index contributed by atoms with van der Waals surface area (Å²) >= 11 is 0. The Morgan fingerprint density at radius 3 is 2.22 bits per heavy atom. The highest BCUT2D eigenvalue weighted by molar-refractivity contribution is 7.89. The number of tetrazole rings is 1. The molecule has 2 heterocycles. The van der Waals surface area contributed by atoms with Gasteiger partial charge in [0.05, 0.1) is 18.2 Å². The molecule has 0 aliphatic rings. The highest BCUT2D eigenvalue weighted by atomic mass is 32.2. The minimum Gasteiger partial charge on any atom is -0.290 e. The van der Waals surface area contributed by atoms with Crippen LogP contribution in [0.3, 0.4) is 0 Å². The number of aromatic amines is 2. The molecule has 0 radical (unpaired) electrons. The van der Waals surface area contributed by atoms with Crippen molar-refractivity contribution in [1.29, 1.82) is 0 Å². The van der Waals surface area contributed by atoms with Crippen molar-refractivity contribution in [3.8, 4) is 33.8 Å². The number of hydrogen-bond acceptors (Lipinski definition) is 6. The van der Waals surface area contributed by atoms with Gasteiger partial charge in [-0.3, -0.25) is 5.73 Å². The van der Waals surface area contributed by atoms with E-state index in [-0.39, 0.29) is 11.4 Å². The number of nitrogens with two attached hydrogens (primary N) is 2. The van der Waals surface area contributed by atoms with Gasteiger partial charge in [0.2, 0.25) is 15.8 Å². The molecule has 4 aromatic rings. The average Bonchev–Trinajstić information content (AvgIpc) is 3.36. The smallest absolute Gasteiger partial charge is 0.290 e. The molecule has 0 saturated carbocycles. The van der Waals surface area contributed by atoms with Gasteiger partial charge in [0.25, 0.3) is 0 Å². The number of primary sulfonamides is 1. The van der Waals surface area contributed by atoms with E-state index in [1.54, 1.807) is 42.1 Å². The van der Waals surface area contributed by atoms with E-state index >= 15 is 0 Å². The molecular formula is C18H16F3N8O2S+. The van der Waals surface area contributed by atoms with Crippen molar-refractivity contribution in [3.63, 3.8) is 0 Å². The third kappa shape index (κ3) is 3.69. The number of imidazole rings is 1. The fourth-order valence-electron chi connectivity index (χ4n) is 3.39. The minimum atomic E-state index is -4.98. The lowest BCUT2D eigenvalue weighted by Gasteiger charge is -2.17. The van der Waals surface area contributed by atoms with Gasteiger partial charge in [0.1, 0.15) is 16.8 Å². The van der Waals surface area contributed by atoms with Crippen LogP contribution in [-0.4, -0.2) is 34.0 Å². The maximum Gasteiger partial charge on any atom is 0.417 e. The van der Waals surface area contributed by atoms with E-state index in [2.05, 4.69) is 25.6 Å². The molecular weight excluding hydrogens is 449 g/mol. The Bertz CT molecular complexity index is 1400. The van der Waals surface area contributed by atoms with Crippen LogP contribution in [0.5, 0.6) is 0 Å². The van der Waals surface area contributed by atoms with E-state index in [0.717, 1.165) is 17.3 Å². The quantitative estimate of drug-likeness (QED) is 0.335. The van der Waals surface area contributed by atoms with Gasteiger partial charge in [0, 0.05) is 5.56 Å². The van der Waals surface area contributed by atoms with Crippen LogP contribution in [-0.2, 0) is 23.2 Å². The predicted octanol–water partition coefficient (Wildman–Crippen LogP) is 1.60. The summed E-state index contributed by atoms with van der Waals surface area (Å²) in [6.07, 6.45) is -3.28. The largest absolute Gasteiger partial charge is 0.417 e. The molecule has 0 saturated heterocycles. The summed E-state index contributed by atoms with van der Waals surface area (Å²) in [6, 6.07) is 8.49. The number of aromatic nitrogens is 6. The second kappa shape index (κ2) is 7.42. The van der Waals surface area contributed by atoms with Gasteiger partial charge in [-0.15, -0.1) is 10.2 Å². The maximum absolute atomic E-state index is 13.6. The third-order valence-corrected chi connectivity index (χ3v) is 5.88. The van der Waals surface area contributed by atoms with Crippen molar-refractivity contribution >= 4 is 16.0 Å². The lowest BCUT2D eigenvalue weighted by atomic mass is 9.95. The second-order valence-corrected chi connectivity index (χ2v) is 8.34. The Morgan fingerprint density at radius 1 is 1.06 bits per heavy atom. The molecule has 14 heteroatoms. The van der Waals surface area contributed by atoms with E-state index in [0.29, 0.717) is 17.6 Å². The number of halogens is 3. The van der Waals surface area contributed by atoms with Crippen molar-refractivity contribution in [2.24, 2.45) is 12.2 Å². The molecule has 0 aliphatic carbocycles. The summed E-state index contributed by atoms with van der Waals surface area (Å²) in [5, 5.41) is 18.0. The average molecular weight is 465 g/mol. The predicted molar refractivity (Wildman–Crippen MR) is 107 cm³/mol. The summed E-state index contributed by atoms with van der Waals surface area (Å²) in [6.45, 7) is 0. The van der Waals surface area contributed by atoms with Crippen LogP contribution in [0.4, 0.5) is 19.1 Å². The molecule has 0 unspecified atom stereocenters. The molecule has 0 bridgehead atoms. The fraction of sp³-hybridized carbons (Fsp3) is 0.111. The number of rotatable bonds is 4. The fourth-order valence-corrected chi connectivity index (χ4v) is 4.37. The summed E-state index contributed by atoms with van der Waals surface area (Å²) in [5.74, 6) is 0.0908. The molecule has 0 amide bonds. The molecule has 166 valence electrons. The molecule has 10 nitrogen and oxygen atoms in total. The molecule has 4 rings (SSSR count). The van der Waals surface area contributed by atoms with Gasteiger partial charge in [-0.2, -0.15) is 18.4 Å². The topological polar surface area (TPSA) is 160 Å². The number of alkyl halides is 3. The number of nitrogens with zero attached hydrogens (tertiary/aromatic N) is 4. The Balaban J connectivity index is 1.97. The number of H-pyrrole nitrogens is 2. The zero-order chi connectivity index (χ0) is 23.3. The normalized spacial score (nSPS) is 12.3. The maximum atomic E-state index is 13.6. The van der Waals surface area contributed by atoms with Gasteiger partial charge in [-0.1, -0.05) is 30.3 Å². The van der Waals surface area contributed by atoms with Gasteiger partial charge in [-0.05, 0) is 22.4 Å². The SMILES string of the molecule is C[n+]1c(-c2ccc(-c3ccc(C(F)(F)F)c(S(N)(=O)=O)c3-c3nn[nH]n3)cc2)c[nH]c1N. The number of nitrogens with one attached hydrogen (secondary N) is 2. The first-order valence-corrected chi connectivity index (χ1v) is 10.5. The highest BCUT2D eigenvalue weighted by Gasteiger charge is 2.39. The highest BCUT2D eigenvalue weighted by Crippen LogP contribution is 2.43. The molecule has 6 N–H and O–H groups in total. The van der Waals surface area contributed by atoms with Crippen LogP contribution < -0.4 is 15.4 Å². The van der Waals surface area contributed by atoms with E-state index in [4.69, 9.17) is 10.9 Å². The Kier molecular flexibility index (Phi) is 4.97. The summed E-state index contributed by atoms with van der Waals surface area (Å²) in [4.78, 5) is 1.75. The van der Waals surface area contributed by atoms with Crippen LogP contribution >= 0.6 is 0 Å². The first kappa shape index (κ1) is 21.5.